The van der Waals surface area contributed by atoms with Crippen molar-refractivity contribution < 1.29 is 19.0 Å². The number of benzene rings is 3. The summed E-state index contributed by atoms with van der Waals surface area (Å²) in [5.74, 6) is 1.31. The molecule has 0 aliphatic rings. The molecule has 3 aromatic carbocycles. The third-order valence-corrected chi connectivity index (χ3v) is 5.61. The minimum atomic E-state index is -0.366. The number of ether oxygens (including phenoxy) is 3. The Balaban J connectivity index is 1.73. The van der Waals surface area contributed by atoms with Crippen LogP contribution in [0.25, 0.3) is 0 Å². The highest BCUT2D eigenvalue weighted by atomic mass is 79.9. The molecular formula is C24H22Br2N2O4. The van der Waals surface area contributed by atoms with E-state index in [-0.39, 0.29) is 5.91 Å². The van der Waals surface area contributed by atoms with Gasteiger partial charge in [-0.2, -0.15) is 5.10 Å². The zero-order valence-corrected chi connectivity index (χ0v) is 20.8. The van der Waals surface area contributed by atoms with E-state index < -0.39 is 0 Å². The lowest BCUT2D eigenvalue weighted by atomic mass is 10.2. The zero-order valence-electron chi connectivity index (χ0n) is 17.6. The van der Waals surface area contributed by atoms with Crippen LogP contribution in [0.1, 0.15) is 28.4 Å². The van der Waals surface area contributed by atoms with Crippen molar-refractivity contribution in [2.75, 3.05) is 13.7 Å². The number of rotatable bonds is 9. The SMILES string of the molecule is CCOc1cc(/C=N\NC(=O)c2ccccc2OC)c(Br)cc1OCc1ccc(Br)cc1. The van der Waals surface area contributed by atoms with E-state index in [9.17, 15) is 4.79 Å². The van der Waals surface area contributed by atoms with Gasteiger partial charge in [0.1, 0.15) is 12.4 Å². The Morgan fingerprint density at radius 3 is 2.44 bits per heavy atom. The highest BCUT2D eigenvalue weighted by Gasteiger charge is 2.12. The van der Waals surface area contributed by atoms with Gasteiger partial charge in [-0.05, 0) is 64.8 Å². The molecule has 0 bridgehead atoms. The molecule has 1 amide bonds. The lowest BCUT2D eigenvalue weighted by Crippen LogP contribution is -2.18. The van der Waals surface area contributed by atoms with Gasteiger partial charge in [-0.1, -0.05) is 40.2 Å². The summed E-state index contributed by atoms with van der Waals surface area (Å²) in [5.41, 5.74) is 4.69. The summed E-state index contributed by atoms with van der Waals surface area (Å²) < 4.78 is 18.7. The van der Waals surface area contributed by atoms with Crippen molar-refractivity contribution >= 4 is 44.0 Å². The Labute approximate surface area is 203 Å². The molecule has 6 nitrogen and oxygen atoms in total. The maximum Gasteiger partial charge on any atom is 0.275 e. The molecule has 0 aliphatic heterocycles. The van der Waals surface area contributed by atoms with Crippen LogP contribution in [0.2, 0.25) is 0 Å². The van der Waals surface area contributed by atoms with E-state index in [1.807, 2.05) is 43.3 Å². The number of halogens is 2. The molecule has 0 fully saturated rings. The van der Waals surface area contributed by atoms with Crippen LogP contribution in [0, 0.1) is 0 Å². The fourth-order valence-electron chi connectivity index (χ4n) is 2.83. The van der Waals surface area contributed by atoms with Crippen LogP contribution in [-0.4, -0.2) is 25.8 Å². The lowest BCUT2D eigenvalue weighted by Gasteiger charge is -2.14. The van der Waals surface area contributed by atoms with E-state index in [0.717, 1.165) is 20.1 Å². The number of carbonyl (C=O) groups excluding carboxylic acids is 1. The van der Waals surface area contributed by atoms with Crippen molar-refractivity contribution in [3.05, 3.63) is 86.3 Å². The molecule has 0 aromatic heterocycles. The van der Waals surface area contributed by atoms with Gasteiger partial charge >= 0.3 is 0 Å². The van der Waals surface area contributed by atoms with Crippen molar-refractivity contribution in [3.63, 3.8) is 0 Å². The highest BCUT2D eigenvalue weighted by Crippen LogP contribution is 2.34. The average Bonchev–Trinajstić information content (AvgIpc) is 2.81. The number of methoxy groups -OCH3 is 1. The quantitative estimate of drug-likeness (QED) is 0.258. The van der Waals surface area contributed by atoms with Gasteiger partial charge in [0.15, 0.2) is 11.5 Å². The predicted octanol–water partition coefficient (Wildman–Crippen LogP) is 5.96. The summed E-state index contributed by atoms with van der Waals surface area (Å²) in [6, 6.07) is 18.5. The monoisotopic (exact) mass is 560 g/mol. The third-order valence-electron chi connectivity index (χ3n) is 4.39. The van der Waals surface area contributed by atoms with Gasteiger partial charge in [-0.3, -0.25) is 4.79 Å². The number of para-hydroxylation sites is 1. The predicted molar refractivity (Wildman–Crippen MR) is 132 cm³/mol. The molecule has 8 heteroatoms. The van der Waals surface area contributed by atoms with Gasteiger partial charge < -0.3 is 14.2 Å². The first-order valence-electron chi connectivity index (χ1n) is 9.81. The molecule has 166 valence electrons. The number of amides is 1. The normalized spacial score (nSPS) is 10.8. The van der Waals surface area contributed by atoms with Crippen LogP contribution < -0.4 is 19.6 Å². The third kappa shape index (κ3) is 6.34. The van der Waals surface area contributed by atoms with Crippen LogP contribution >= 0.6 is 31.9 Å². The number of hydrogen-bond acceptors (Lipinski definition) is 5. The number of nitrogens with one attached hydrogen (secondary N) is 1. The first kappa shape index (κ1) is 23.8. The van der Waals surface area contributed by atoms with Crippen molar-refractivity contribution in [3.8, 4) is 17.2 Å². The minimum Gasteiger partial charge on any atom is -0.496 e. The molecule has 0 radical (unpaired) electrons. The maximum absolute atomic E-state index is 12.4. The van der Waals surface area contributed by atoms with Crippen molar-refractivity contribution in [1.29, 1.82) is 0 Å². The molecule has 32 heavy (non-hydrogen) atoms. The molecule has 3 aromatic rings. The number of hydrogen-bond donors (Lipinski definition) is 1. The fourth-order valence-corrected chi connectivity index (χ4v) is 3.51. The molecule has 0 aliphatic carbocycles. The molecular weight excluding hydrogens is 540 g/mol. The van der Waals surface area contributed by atoms with E-state index >= 15 is 0 Å². The second-order valence-electron chi connectivity index (χ2n) is 6.57. The second-order valence-corrected chi connectivity index (χ2v) is 8.34. The maximum atomic E-state index is 12.4. The van der Waals surface area contributed by atoms with Gasteiger partial charge in [0.25, 0.3) is 5.91 Å². The van der Waals surface area contributed by atoms with Crippen molar-refractivity contribution in [2.24, 2.45) is 5.10 Å². The van der Waals surface area contributed by atoms with Crippen molar-refractivity contribution in [1.82, 2.24) is 5.43 Å². The molecule has 1 N–H and O–H groups in total. The van der Waals surface area contributed by atoms with E-state index in [1.54, 1.807) is 30.5 Å². The molecule has 0 unspecified atom stereocenters. The van der Waals surface area contributed by atoms with Crippen molar-refractivity contribution in [2.45, 2.75) is 13.5 Å². The Hall–Kier alpha value is -2.84. The fraction of sp³-hybridized carbons (Fsp3) is 0.167. The van der Waals surface area contributed by atoms with Crippen LogP contribution in [0.4, 0.5) is 0 Å². The van der Waals surface area contributed by atoms with Gasteiger partial charge in [0, 0.05) is 14.5 Å². The van der Waals surface area contributed by atoms with Crippen LogP contribution in [0.5, 0.6) is 17.2 Å². The number of hydrazone groups is 1. The highest BCUT2D eigenvalue weighted by molar-refractivity contribution is 9.10. The molecule has 0 saturated carbocycles. The van der Waals surface area contributed by atoms with E-state index in [0.29, 0.717) is 36.0 Å². The first-order chi connectivity index (χ1) is 15.5. The smallest absolute Gasteiger partial charge is 0.275 e. The molecule has 0 spiro atoms. The molecule has 0 atom stereocenters. The van der Waals surface area contributed by atoms with E-state index in [2.05, 4.69) is 42.4 Å². The summed E-state index contributed by atoms with van der Waals surface area (Å²) in [6.07, 6.45) is 1.54. The summed E-state index contributed by atoms with van der Waals surface area (Å²) in [6.45, 7) is 2.79. The van der Waals surface area contributed by atoms with Gasteiger partial charge in [0.2, 0.25) is 0 Å². The van der Waals surface area contributed by atoms with Gasteiger partial charge in [0.05, 0.1) is 25.5 Å². The number of carbonyl (C=O) groups is 1. The summed E-state index contributed by atoms with van der Waals surface area (Å²) in [7, 11) is 1.52. The summed E-state index contributed by atoms with van der Waals surface area (Å²) in [5, 5.41) is 4.08. The molecule has 3 rings (SSSR count). The Morgan fingerprint density at radius 1 is 1.00 bits per heavy atom. The number of nitrogens with zero attached hydrogens (tertiary/aromatic N) is 1. The molecule has 0 heterocycles. The first-order valence-corrected chi connectivity index (χ1v) is 11.4. The molecule has 0 saturated heterocycles. The average molecular weight is 562 g/mol. The van der Waals surface area contributed by atoms with Crippen LogP contribution in [0.15, 0.2) is 74.7 Å². The largest absolute Gasteiger partial charge is 0.496 e. The van der Waals surface area contributed by atoms with Gasteiger partial charge in [-0.15, -0.1) is 0 Å². The second kappa shape index (κ2) is 11.7. The van der Waals surface area contributed by atoms with Gasteiger partial charge in [-0.25, -0.2) is 5.43 Å². The lowest BCUT2D eigenvalue weighted by molar-refractivity contribution is 0.0952. The topological polar surface area (TPSA) is 69.2 Å². The zero-order chi connectivity index (χ0) is 22.9. The standard InChI is InChI=1S/C24H22Br2N2O4/c1-3-31-22-12-17(14-27-28-24(29)19-6-4-5-7-21(19)30-2)20(26)13-23(22)32-15-16-8-10-18(25)11-9-16/h4-14H,3,15H2,1-2H3,(H,28,29)/b27-14-. The summed E-state index contributed by atoms with van der Waals surface area (Å²) >= 11 is 6.97. The van der Waals surface area contributed by atoms with Crippen LogP contribution in [-0.2, 0) is 6.61 Å². The van der Waals surface area contributed by atoms with Crippen LogP contribution in [0.3, 0.4) is 0 Å². The van der Waals surface area contributed by atoms with E-state index in [4.69, 9.17) is 14.2 Å². The Bertz CT molecular complexity index is 1100. The Kier molecular flexibility index (Phi) is 8.70. The Morgan fingerprint density at radius 2 is 1.72 bits per heavy atom. The minimum absolute atomic E-state index is 0.366. The van der Waals surface area contributed by atoms with E-state index in [1.165, 1.54) is 7.11 Å². The summed E-state index contributed by atoms with van der Waals surface area (Å²) in [4.78, 5) is 12.4.